The lowest BCUT2D eigenvalue weighted by Gasteiger charge is -2.52. The first-order valence-corrected chi connectivity index (χ1v) is 14.3. The minimum Gasteiger partial charge on any atom is -0.464 e. The number of piperazine rings is 1. The van der Waals surface area contributed by atoms with E-state index in [1.165, 1.54) is 0 Å². The molecule has 2 N–H and O–H groups in total. The molecule has 1 aromatic carbocycles. The van der Waals surface area contributed by atoms with Crippen molar-refractivity contribution in [1.82, 2.24) is 20.1 Å². The number of aromatic nitrogens is 1. The summed E-state index contributed by atoms with van der Waals surface area (Å²) in [6, 6.07) is 6.98. The lowest BCUT2D eigenvalue weighted by molar-refractivity contribution is -0.164. The van der Waals surface area contributed by atoms with Crippen LogP contribution < -0.4 is 5.32 Å². The van der Waals surface area contributed by atoms with Crippen molar-refractivity contribution >= 4 is 41.1 Å². The Labute approximate surface area is 238 Å². The highest BCUT2D eigenvalue weighted by Gasteiger charge is 2.54. The summed E-state index contributed by atoms with van der Waals surface area (Å²) in [5.41, 5.74) is 1.03. The Kier molecular flexibility index (Phi) is 10.5. The number of carbonyl (C=O) groups excluding carboxylic acids is 3. The van der Waals surface area contributed by atoms with Gasteiger partial charge in [-0.05, 0) is 66.7 Å². The number of carbonyl (C=O) groups is 3. The Morgan fingerprint density at radius 2 is 1.82 bits per heavy atom. The lowest BCUT2D eigenvalue weighted by atomic mass is 9.80. The molecule has 1 aromatic heterocycles. The summed E-state index contributed by atoms with van der Waals surface area (Å²) in [7, 11) is 0. The number of hydrogen-bond acceptors (Lipinski definition) is 5. The summed E-state index contributed by atoms with van der Waals surface area (Å²) < 4.78 is 5.73. The van der Waals surface area contributed by atoms with Crippen LogP contribution in [-0.2, 0) is 19.1 Å². The molecule has 2 aliphatic rings. The van der Waals surface area contributed by atoms with Crippen LogP contribution >= 0.6 is 12.4 Å². The number of halogens is 1. The van der Waals surface area contributed by atoms with E-state index in [0.29, 0.717) is 51.4 Å². The average molecular weight is 561 g/mol. The zero-order valence-electron chi connectivity index (χ0n) is 24.0. The van der Waals surface area contributed by atoms with Gasteiger partial charge in [0.05, 0.1) is 6.61 Å². The van der Waals surface area contributed by atoms with Crippen LogP contribution in [0.2, 0.25) is 0 Å². The largest absolute Gasteiger partial charge is 0.464 e. The standard InChI is InChI=1S/C30H44N4O4.ClH/c1-6-7-14-34-27(35)25(17-20(2)3)32-29(37)30(34)11-15-33(16-12-30)26(28(36)38-19-21(4)5)23-8-9-24-22(18-23)10-13-31-24;/h8-10,13,18,20-21,25-26,31H,6-7,11-12,14-17,19H2,1-5H3,(H,32,37);1H/t25-,26?;/m0./s1. The van der Waals surface area contributed by atoms with Crippen molar-refractivity contribution in [1.29, 1.82) is 0 Å². The second kappa shape index (κ2) is 13.2. The third-order valence-corrected chi connectivity index (χ3v) is 7.92. The molecule has 2 aliphatic heterocycles. The first-order valence-electron chi connectivity index (χ1n) is 14.3. The molecule has 2 atom stereocenters. The number of likely N-dealkylation sites (tertiary alicyclic amines) is 1. The van der Waals surface area contributed by atoms with Gasteiger partial charge in [-0.2, -0.15) is 0 Å². The number of rotatable bonds is 10. The topological polar surface area (TPSA) is 94.7 Å². The SMILES string of the molecule is CCCCN1C(=O)[C@H](CC(C)C)NC(=O)C12CCN(C(C(=O)OCC(C)C)c1ccc3[nH]ccc3c1)CC2.Cl. The predicted octanol–water partition coefficient (Wildman–Crippen LogP) is 4.84. The van der Waals surface area contributed by atoms with E-state index in [-0.39, 0.29) is 36.1 Å². The summed E-state index contributed by atoms with van der Waals surface area (Å²) in [6.45, 7) is 12.3. The van der Waals surface area contributed by atoms with E-state index in [2.05, 4.69) is 36.0 Å². The molecule has 2 amide bonds. The number of ether oxygens (including phenoxy) is 1. The molecule has 2 aromatic rings. The highest BCUT2D eigenvalue weighted by atomic mass is 35.5. The van der Waals surface area contributed by atoms with Crippen molar-refractivity contribution in [2.75, 3.05) is 26.2 Å². The summed E-state index contributed by atoms with van der Waals surface area (Å²) in [5.74, 6) is 0.258. The fourth-order valence-corrected chi connectivity index (χ4v) is 5.86. The van der Waals surface area contributed by atoms with Crippen molar-refractivity contribution in [2.45, 2.75) is 84.3 Å². The molecule has 4 rings (SSSR count). The molecule has 3 heterocycles. The number of H-pyrrole nitrogens is 1. The van der Waals surface area contributed by atoms with Gasteiger partial charge < -0.3 is 19.9 Å². The van der Waals surface area contributed by atoms with E-state index in [9.17, 15) is 14.4 Å². The van der Waals surface area contributed by atoms with Crippen LogP contribution in [0.25, 0.3) is 10.9 Å². The van der Waals surface area contributed by atoms with E-state index in [4.69, 9.17) is 4.74 Å². The van der Waals surface area contributed by atoms with Crippen molar-refractivity contribution in [3.8, 4) is 0 Å². The molecular weight excluding hydrogens is 516 g/mol. The smallest absolute Gasteiger partial charge is 0.328 e. The summed E-state index contributed by atoms with van der Waals surface area (Å²) >= 11 is 0. The second-order valence-corrected chi connectivity index (χ2v) is 11.8. The van der Waals surface area contributed by atoms with Crippen LogP contribution in [0.3, 0.4) is 0 Å². The van der Waals surface area contributed by atoms with Crippen LogP contribution in [-0.4, -0.2) is 70.4 Å². The van der Waals surface area contributed by atoms with Gasteiger partial charge in [0.15, 0.2) is 0 Å². The quantitative estimate of drug-likeness (QED) is 0.406. The van der Waals surface area contributed by atoms with Crippen molar-refractivity contribution < 1.29 is 19.1 Å². The van der Waals surface area contributed by atoms with Crippen molar-refractivity contribution in [3.05, 3.63) is 36.0 Å². The predicted molar refractivity (Wildman–Crippen MR) is 156 cm³/mol. The summed E-state index contributed by atoms with van der Waals surface area (Å²) in [5, 5.41) is 4.11. The molecule has 0 bridgehead atoms. The Hall–Kier alpha value is -2.58. The number of benzene rings is 1. The summed E-state index contributed by atoms with van der Waals surface area (Å²) in [6.07, 6.45) is 5.32. The Morgan fingerprint density at radius 1 is 1.10 bits per heavy atom. The monoisotopic (exact) mass is 560 g/mol. The molecule has 9 heteroatoms. The molecule has 0 saturated carbocycles. The van der Waals surface area contributed by atoms with Gasteiger partial charge in [-0.25, -0.2) is 4.79 Å². The van der Waals surface area contributed by atoms with Crippen LogP contribution in [0.1, 0.15) is 78.3 Å². The van der Waals surface area contributed by atoms with Gasteiger partial charge in [0, 0.05) is 31.3 Å². The van der Waals surface area contributed by atoms with Crippen molar-refractivity contribution in [2.24, 2.45) is 11.8 Å². The maximum atomic E-state index is 13.6. The Morgan fingerprint density at radius 3 is 2.46 bits per heavy atom. The fourth-order valence-electron chi connectivity index (χ4n) is 5.86. The number of piperidine rings is 1. The molecule has 2 fully saturated rings. The number of fused-ring (bicyclic) bond motifs is 1. The van der Waals surface area contributed by atoms with E-state index < -0.39 is 17.6 Å². The number of nitrogens with one attached hydrogen (secondary N) is 2. The Bertz CT molecular complexity index is 1140. The average Bonchev–Trinajstić information content (AvgIpc) is 3.35. The van der Waals surface area contributed by atoms with Gasteiger partial charge in [-0.3, -0.25) is 14.5 Å². The molecule has 0 radical (unpaired) electrons. The van der Waals surface area contributed by atoms with Crippen LogP contribution in [0, 0.1) is 11.8 Å². The van der Waals surface area contributed by atoms with E-state index in [1.807, 2.05) is 49.2 Å². The number of unbranched alkanes of at least 4 members (excludes halogenated alkanes) is 1. The lowest BCUT2D eigenvalue weighted by Crippen LogP contribution is -2.73. The van der Waals surface area contributed by atoms with Gasteiger partial charge >= 0.3 is 5.97 Å². The zero-order valence-corrected chi connectivity index (χ0v) is 24.8. The highest BCUT2D eigenvalue weighted by Crippen LogP contribution is 2.37. The maximum Gasteiger partial charge on any atom is 0.328 e. The van der Waals surface area contributed by atoms with Gasteiger partial charge in [-0.1, -0.05) is 47.1 Å². The minimum atomic E-state index is -0.868. The van der Waals surface area contributed by atoms with E-state index in [1.54, 1.807) is 0 Å². The zero-order chi connectivity index (χ0) is 27.4. The van der Waals surface area contributed by atoms with Crippen LogP contribution in [0.5, 0.6) is 0 Å². The summed E-state index contributed by atoms with van der Waals surface area (Å²) in [4.78, 5) is 47.9. The molecule has 216 valence electrons. The number of hydrogen-bond donors (Lipinski definition) is 2. The van der Waals surface area contributed by atoms with Crippen LogP contribution in [0.4, 0.5) is 0 Å². The van der Waals surface area contributed by atoms with E-state index >= 15 is 0 Å². The Balaban J connectivity index is 0.00000420. The van der Waals surface area contributed by atoms with Gasteiger partial charge in [0.1, 0.15) is 17.6 Å². The fraction of sp³-hybridized carbons (Fsp3) is 0.633. The normalized spacial score (nSPS) is 20.4. The number of nitrogens with zero attached hydrogens (tertiary/aromatic N) is 2. The van der Waals surface area contributed by atoms with E-state index in [0.717, 1.165) is 29.3 Å². The third-order valence-electron chi connectivity index (χ3n) is 7.92. The minimum absolute atomic E-state index is 0. The van der Waals surface area contributed by atoms with Gasteiger partial charge in [0.25, 0.3) is 0 Å². The number of amides is 2. The molecule has 1 spiro atoms. The number of esters is 1. The van der Waals surface area contributed by atoms with Crippen LogP contribution in [0.15, 0.2) is 30.5 Å². The third kappa shape index (κ3) is 6.60. The van der Waals surface area contributed by atoms with Crippen molar-refractivity contribution in [3.63, 3.8) is 0 Å². The molecule has 0 aliphatic carbocycles. The first kappa shape index (κ1) is 31.0. The second-order valence-electron chi connectivity index (χ2n) is 11.8. The molecule has 1 unspecified atom stereocenters. The first-order chi connectivity index (χ1) is 18.2. The molecule has 8 nitrogen and oxygen atoms in total. The molecular formula is C30H45ClN4O4. The maximum absolute atomic E-state index is 13.6. The van der Waals surface area contributed by atoms with Gasteiger partial charge in [0.2, 0.25) is 11.8 Å². The number of aromatic amines is 1. The highest BCUT2D eigenvalue weighted by molar-refractivity contribution is 6.00. The van der Waals surface area contributed by atoms with Gasteiger partial charge in [-0.15, -0.1) is 12.4 Å². The molecule has 2 saturated heterocycles. The molecule has 39 heavy (non-hydrogen) atoms.